The first-order chi connectivity index (χ1) is 19.8. The van der Waals surface area contributed by atoms with Gasteiger partial charge in [0.15, 0.2) is 0 Å². The van der Waals surface area contributed by atoms with Gasteiger partial charge in [-0.2, -0.15) is 0 Å². The molecule has 0 unspecified atom stereocenters. The van der Waals surface area contributed by atoms with Crippen LogP contribution in [0, 0.1) is 0 Å². The number of halogens is 2. The number of ether oxygens (including phenoxy) is 3. The van der Waals surface area contributed by atoms with Gasteiger partial charge in [-0.15, -0.1) is 11.3 Å². The van der Waals surface area contributed by atoms with Crippen LogP contribution in [-0.2, 0) is 19.7 Å². The van der Waals surface area contributed by atoms with Crippen LogP contribution in [0.2, 0.25) is 9.36 Å². The molecule has 0 radical (unpaired) electrons. The highest BCUT2D eigenvalue weighted by Gasteiger charge is 2.52. The predicted octanol–water partition coefficient (Wildman–Crippen LogP) is 9.30. The summed E-state index contributed by atoms with van der Waals surface area (Å²) in [7, 11) is 1.62. The number of amides is 1. The lowest BCUT2D eigenvalue weighted by atomic mass is 9.93. The zero-order valence-electron chi connectivity index (χ0n) is 22.8. The number of rotatable bonds is 9. The van der Waals surface area contributed by atoms with E-state index in [2.05, 4.69) is 5.32 Å². The van der Waals surface area contributed by atoms with E-state index >= 15 is 0 Å². The Morgan fingerprint density at radius 3 is 2.37 bits per heavy atom. The summed E-state index contributed by atoms with van der Waals surface area (Å²) >= 11 is 14.0. The van der Waals surface area contributed by atoms with Crippen LogP contribution in [0.25, 0.3) is 21.6 Å². The van der Waals surface area contributed by atoms with Crippen LogP contribution in [0.1, 0.15) is 43.9 Å². The molecule has 1 heterocycles. The van der Waals surface area contributed by atoms with Crippen molar-refractivity contribution in [3.63, 3.8) is 0 Å². The third kappa shape index (κ3) is 6.08. The fourth-order valence-corrected chi connectivity index (χ4v) is 6.35. The molecule has 1 amide bonds. The van der Waals surface area contributed by atoms with Crippen molar-refractivity contribution in [2.45, 2.75) is 38.2 Å². The minimum absolute atomic E-state index is 0.157. The average Bonchev–Trinajstić information content (AvgIpc) is 3.70. The van der Waals surface area contributed by atoms with E-state index in [1.165, 1.54) is 11.3 Å². The lowest BCUT2D eigenvalue weighted by molar-refractivity contribution is -0.146. The second kappa shape index (κ2) is 12.1. The Kier molecular flexibility index (Phi) is 8.59. The molecule has 5 rings (SSSR count). The number of anilines is 1. The van der Waals surface area contributed by atoms with E-state index in [1.54, 1.807) is 26.2 Å². The van der Waals surface area contributed by atoms with Crippen molar-refractivity contribution in [1.29, 1.82) is 0 Å². The number of nitrogens with one attached hydrogen (secondary N) is 1. The quantitative estimate of drug-likeness (QED) is 0.191. The Hall–Kier alpha value is -3.52. The zero-order chi connectivity index (χ0) is 29.1. The molecule has 0 bridgehead atoms. The number of carbonyl (C=O) groups is 2. The largest absolute Gasteiger partial charge is 0.496 e. The molecule has 1 fully saturated rings. The van der Waals surface area contributed by atoms with Crippen molar-refractivity contribution >= 4 is 52.3 Å². The van der Waals surface area contributed by atoms with Crippen LogP contribution in [0.4, 0.5) is 10.5 Å². The second-order valence-electron chi connectivity index (χ2n) is 9.78. The predicted molar refractivity (Wildman–Crippen MR) is 164 cm³/mol. The zero-order valence-corrected chi connectivity index (χ0v) is 25.2. The van der Waals surface area contributed by atoms with Crippen LogP contribution in [0.15, 0.2) is 72.8 Å². The van der Waals surface area contributed by atoms with Gasteiger partial charge in [0.05, 0.1) is 34.0 Å². The van der Waals surface area contributed by atoms with E-state index in [0.29, 0.717) is 27.4 Å². The van der Waals surface area contributed by atoms with Crippen LogP contribution in [0.3, 0.4) is 0 Å². The van der Waals surface area contributed by atoms with E-state index in [9.17, 15) is 9.59 Å². The number of hydrogen-bond donors (Lipinski definition) is 1. The Labute approximate surface area is 253 Å². The first kappa shape index (κ1) is 29.0. The van der Waals surface area contributed by atoms with Crippen molar-refractivity contribution in [3.8, 4) is 27.3 Å². The molecule has 0 saturated heterocycles. The minimum Gasteiger partial charge on any atom is -0.496 e. The molecule has 1 atom stereocenters. The van der Waals surface area contributed by atoms with Crippen molar-refractivity contribution in [2.24, 2.45) is 0 Å². The van der Waals surface area contributed by atoms with Gasteiger partial charge in [-0.25, -0.2) is 4.79 Å². The second-order valence-corrected chi connectivity index (χ2v) is 11.9. The lowest BCUT2D eigenvalue weighted by Crippen LogP contribution is -2.23. The smallest absolute Gasteiger partial charge is 0.412 e. The van der Waals surface area contributed by atoms with E-state index in [-0.39, 0.29) is 5.97 Å². The maximum absolute atomic E-state index is 12.8. The molecule has 4 aromatic rings. The minimum atomic E-state index is -0.618. The van der Waals surface area contributed by atoms with Crippen molar-refractivity contribution < 1.29 is 23.8 Å². The number of thiophene rings is 1. The molecule has 1 aliphatic rings. The summed E-state index contributed by atoms with van der Waals surface area (Å²) in [5.41, 5.74) is 4.38. The maximum Gasteiger partial charge on any atom is 0.412 e. The molecular formula is C32H29Cl2NO5S. The molecule has 1 aliphatic carbocycles. The first-order valence-electron chi connectivity index (χ1n) is 13.2. The van der Waals surface area contributed by atoms with Gasteiger partial charge in [0.25, 0.3) is 0 Å². The summed E-state index contributed by atoms with van der Waals surface area (Å²) in [5, 5.41) is 3.35. The lowest BCUT2D eigenvalue weighted by Gasteiger charge is -2.16. The Morgan fingerprint density at radius 1 is 1.00 bits per heavy atom. The summed E-state index contributed by atoms with van der Waals surface area (Å²) in [4.78, 5) is 26.0. The Bertz CT molecular complexity index is 1580. The molecular weight excluding hydrogens is 581 g/mol. The molecule has 1 saturated carbocycles. The molecule has 1 aromatic heterocycles. The number of esters is 1. The molecule has 212 valence electrons. The van der Waals surface area contributed by atoms with Crippen LogP contribution < -0.4 is 10.1 Å². The third-order valence-corrected chi connectivity index (χ3v) is 8.85. The monoisotopic (exact) mass is 609 g/mol. The number of hydrogen-bond acceptors (Lipinski definition) is 6. The summed E-state index contributed by atoms with van der Waals surface area (Å²) in [6.45, 7) is 3.96. The van der Waals surface area contributed by atoms with Crippen molar-refractivity contribution in [3.05, 3.63) is 93.3 Å². The Balaban J connectivity index is 1.35. The van der Waals surface area contributed by atoms with Gasteiger partial charge in [0.2, 0.25) is 0 Å². The van der Waals surface area contributed by atoms with Gasteiger partial charge in [0, 0.05) is 16.1 Å². The van der Waals surface area contributed by atoms with Gasteiger partial charge in [0.1, 0.15) is 11.9 Å². The van der Waals surface area contributed by atoms with E-state index in [4.69, 9.17) is 37.4 Å². The van der Waals surface area contributed by atoms with Crippen molar-refractivity contribution in [1.82, 2.24) is 0 Å². The summed E-state index contributed by atoms with van der Waals surface area (Å²) in [6.07, 6.45) is 0.442. The van der Waals surface area contributed by atoms with Crippen molar-refractivity contribution in [2.75, 3.05) is 19.0 Å². The van der Waals surface area contributed by atoms with Crippen LogP contribution in [0.5, 0.6) is 5.75 Å². The fraction of sp³-hybridized carbons (Fsp3) is 0.250. The molecule has 1 N–H and O–H groups in total. The fourth-order valence-electron chi connectivity index (χ4n) is 4.88. The number of methoxy groups -OCH3 is 1. The van der Waals surface area contributed by atoms with Crippen LogP contribution >= 0.6 is 34.5 Å². The average molecular weight is 611 g/mol. The molecule has 0 spiro atoms. The SMILES string of the molecule is CCOC(=O)C1(c2ccc(-c3ccc(-c4sc(Cl)cc4NC(=O)O[C@H](C)c4ccccc4Cl)cc3OC)cc2)CC1. The highest BCUT2D eigenvalue weighted by Crippen LogP contribution is 2.50. The number of carbonyl (C=O) groups excluding carboxylic acids is 2. The highest BCUT2D eigenvalue weighted by atomic mass is 35.5. The van der Waals surface area contributed by atoms with E-state index in [1.807, 2.05) is 67.6 Å². The standard InChI is InChI=1S/C32H29Cl2NO5S/c1-4-39-30(36)32(15-16-32)22-12-9-20(10-13-22)24-14-11-21(17-27(24)38-3)29-26(18-28(34)41-29)35-31(37)40-19(2)23-7-5-6-8-25(23)33/h5-14,17-19H,4,15-16H2,1-3H3,(H,35,37)/t19-/m1/s1. The van der Waals surface area contributed by atoms with E-state index < -0.39 is 17.6 Å². The maximum atomic E-state index is 12.8. The van der Waals surface area contributed by atoms with E-state index in [0.717, 1.165) is 45.5 Å². The van der Waals surface area contributed by atoms with Gasteiger partial charge < -0.3 is 14.2 Å². The highest BCUT2D eigenvalue weighted by molar-refractivity contribution is 7.20. The molecule has 9 heteroatoms. The first-order valence-corrected chi connectivity index (χ1v) is 14.8. The van der Waals surface area contributed by atoms with Gasteiger partial charge in [-0.05, 0) is 61.6 Å². The molecule has 3 aromatic carbocycles. The summed E-state index contributed by atoms with van der Waals surface area (Å²) in [6, 6.07) is 22.7. The van der Waals surface area contributed by atoms with Gasteiger partial charge in [-0.3, -0.25) is 10.1 Å². The summed E-state index contributed by atoms with van der Waals surface area (Å²) in [5.74, 6) is 0.503. The Morgan fingerprint density at radius 2 is 1.71 bits per heavy atom. The van der Waals surface area contributed by atoms with Gasteiger partial charge in [-0.1, -0.05) is 77.8 Å². The normalized spacial score (nSPS) is 14.2. The summed E-state index contributed by atoms with van der Waals surface area (Å²) < 4.78 is 17.2. The third-order valence-electron chi connectivity index (χ3n) is 7.19. The molecule has 6 nitrogen and oxygen atoms in total. The molecule has 0 aliphatic heterocycles. The van der Waals surface area contributed by atoms with Crippen LogP contribution in [-0.4, -0.2) is 25.8 Å². The number of benzene rings is 3. The topological polar surface area (TPSA) is 73.9 Å². The van der Waals surface area contributed by atoms with Gasteiger partial charge >= 0.3 is 12.1 Å². The molecule has 41 heavy (non-hydrogen) atoms.